The number of nitrogens with zero attached hydrogens (tertiary/aromatic N) is 1. The average Bonchev–Trinajstić information content (AvgIpc) is 2.52. The maximum atomic E-state index is 14.3. The first-order valence-electron chi connectivity index (χ1n) is 6.97. The van der Waals surface area contributed by atoms with E-state index in [1.54, 1.807) is 0 Å². The second-order valence-corrected chi connectivity index (χ2v) is 6.52. The van der Waals surface area contributed by atoms with Gasteiger partial charge in [-0.25, -0.2) is 4.39 Å². The molecule has 1 heterocycles. The maximum absolute atomic E-state index is 14.3. The largest absolute Gasteiger partial charge is 0.326 e. The summed E-state index contributed by atoms with van der Waals surface area (Å²) in [6.45, 7) is 5.30. The normalized spacial score (nSPS) is 25.6. The monoisotopic (exact) mass is 328 g/mol. The smallest absolute Gasteiger partial charge is 0.129 e. The van der Waals surface area contributed by atoms with Crippen molar-refractivity contribution in [3.63, 3.8) is 0 Å². The van der Waals surface area contributed by atoms with E-state index in [2.05, 4.69) is 34.7 Å². The van der Waals surface area contributed by atoms with Gasteiger partial charge in [-0.15, -0.1) is 0 Å². The maximum Gasteiger partial charge on any atom is 0.129 e. The van der Waals surface area contributed by atoms with Crippen LogP contribution in [0.2, 0.25) is 0 Å². The van der Waals surface area contributed by atoms with Crippen molar-refractivity contribution in [1.29, 1.82) is 0 Å². The molecule has 1 aromatic rings. The Labute approximate surface area is 123 Å². The lowest BCUT2D eigenvalue weighted by atomic mass is 9.95. The van der Waals surface area contributed by atoms with Crippen molar-refractivity contribution in [3.05, 3.63) is 34.1 Å². The summed E-state index contributed by atoms with van der Waals surface area (Å²) in [5.41, 5.74) is 7.05. The molecule has 2 unspecified atom stereocenters. The van der Waals surface area contributed by atoms with Gasteiger partial charge in [0.25, 0.3) is 0 Å². The zero-order valence-corrected chi connectivity index (χ0v) is 13.2. The second-order valence-electron chi connectivity index (χ2n) is 5.60. The summed E-state index contributed by atoms with van der Waals surface area (Å²) in [6, 6.07) is 5.65. The van der Waals surface area contributed by atoms with Gasteiger partial charge in [0.05, 0.1) is 6.04 Å². The third kappa shape index (κ3) is 3.36. The number of halogens is 2. The van der Waals surface area contributed by atoms with Crippen LogP contribution in [0.15, 0.2) is 22.7 Å². The van der Waals surface area contributed by atoms with E-state index >= 15 is 0 Å². The van der Waals surface area contributed by atoms with E-state index in [0.29, 0.717) is 6.04 Å². The van der Waals surface area contributed by atoms with Crippen LogP contribution in [0.3, 0.4) is 0 Å². The first kappa shape index (κ1) is 14.9. The van der Waals surface area contributed by atoms with E-state index in [-0.39, 0.29) is 17.9 Å². The molecule has 2 nitrogen and oxygen atoms in total. The van der Waals surface area contributed by atoms with Gasteiger partial charge in [-0.2, -0.15) is 0 Å². The Bertz CT molecular complexity index is 436. The molecule has 1 saturated heterocycles. The summed E-state index contributed by atoms with van der Waals surface area (Å²) >= 11 is 3.31. The summed E-state index contributed by atoms with van der Waals surface area (Å²) in [4.78, 5) is 2.34. The van der Waals surface area contributed by atoms with E-state index < -0.39 is 0 Å². The Morgan fingerprint density at radius 1 is 1.37 bits per heavy atom. The predicted molar refractivity (Wildman–Crippen MR) is 80.5 cm³/mol. The van der Waals surface area contributed by atoms with Gasteiger partial charge >= 0.3 is 0 Å². The van der Waals surface area contributed by atoms with Crippen molar-refractivity contribution in [3.8, 4) is 0 Å². The molecule has 0 radical (unpaired) electrons. The Balaban J connectivity index is 2.40. The molecule has 2 rings (SSSR count). The standard InChI is InChI=1S/C15H22BrFN2/c1-10(2)19-8-4-3-5-14(18)15(19)12-7-6-11(16)9-13(12)17/h6-7,9-10,14-15H,3-5,8,18H2,1-2H3. The van der Waals surface area contributed by atoms with Crippen LogP contribution in [0, 0.1) is 5.82 Å². The molecule has 1 aliphatic rings. The summed E-state index contributed by atoms with van der Waals surface area (Å²) in [5, 5.41) is 0. The topological polar surface area (TPSA) is 29.3 Å². The van der Waals surface area contributed by atoms with Gasteiger partial charge in [-0.1, -0.05) is 28.4 Å². The van der Waals surface area contributed by atoms with Gasteiger partial charge < -0.3 is 5.73 Å². The molecule has 1 fully saturated rings. The van der Waals surface area contributed by atoms with Crippen molar-refractivity contribution in [2.75, 3.05) is 6.54 Å². The molecule has 0 spiro atoms. The molecule has 2 N–H and O–H groups in total. The van der Waals surface area contributed by atoms with Crippen molar-refractivity contribution < 1.29 is 4.39 Å². The van der Waals surface area contributed by atoms with E-state index in [1.807, 2.05) is 12.1 Å². The quantitative estimate of drug-likeness (QED) is 0.893. The molecule has 0 aliphatic carbocycles. The molecule has 1 aliphatic heterocycles. The third-order valence-electron chi connectivity index (χ3n) is 3.91. The number of benzene rings is 1. The lowest BCUT2D eigenvalue weighted by Crippen LogP contribution is -2.43. The summed E-state index contributed by atoms with van der Waals surface area (Å²) < 4.78 is 15.0. The molecule has 0 saturated carbocycles. The number of likely N-dealkylation sites (tertiary alicyclic amines) is 1. The number of hydrogen-bond acceptors (Lipinski definition) is 2. The molecule has 1 aromatic carbocycles. The molecule has 2 atom stereocenters. The van der Waals surface area contributed by atoms with E-state index in [4.69, 9.17) is 5.73 Å². The molecular weight excluding hydrogens is 307 g/mol. The van der Waals surface area contributed by atoms with E-state index in [0.717, 1.165) is 35.8 Å². The molecule has 0 aromatic heterocycles. The molecule has 0 bridgehead atoms. The highest BCUT2D eigenvalue weighted by molar-refractivity contribution is 9.10. The second kappa shape index (κ2) is 6.33. The first-order chi connectivity index (χ1) is 9.00. The Morgan fingerprint density at radius 3 is 2.74 bits per heavy atom. The van der Waals surface area contributed by atoms with Crippen molar-refractivity contribution in [1.82, 2.24) is 4.90 Å². The van der Waals surface area contributed by atoms with Gasteiger partial charge in [0.15, 0.2) is 0 Å². The zero-order chi connectivity index (χ0) is 14.0. The van der Waals surface area contributed by atoms with Crippen molar-refractivity contribution in [2.45, 2.75) is 51.2 Å². The minimum Gasteiger partial charge on any atom is -0.326 e. The number of hydrogen-bond donors (Lipinski definition) is 1. The summed E-state index contributed by atoms with van der Waals surface area (Å²) in [7, 11) is 0. The zero-order valence-electron chi connectivity index (χ0n) is 11.6. The van der Waals surface area contributed by atoms with Gasteiger partial charge in [0, 0.05) is 22.1 Å². The predicted octanol–water partition coefficient (Wildman–Crippen LogP) is 3.85. The highest BCUT2D eigenvalue weighted by atomic mass is 79.9. The minimum absolute atomic E-state index is 0.000533. The van der Waals surface area contributed by atoms with Crippen LogP contribution in [-0.4, -0.2) is 23.5 Å². The Hall–Kier alpha value is -0.450. The molecule has 106 valence electrons. The minimum atomic E-state index is -0.164. The van der Waals surface area contributed by atoms with Crippen LogP contribution in [0.5, 0.6) is 0 Å². The fourth-order valence-electron chi connectivity index (χ4n) is 2.95. The fraction of sp³-hybridized carbons (Fsp3) is 0.600. The van der Waals surface area contributed by atoms with Crippen LogP contribution < -0.4 is 5.73 Å². The molecule has 19 heavy (non-hydrogen) atoms. The lowest BCUT2D eigenvalue weighted by molar-refractivity contribution is 0.141. The van der Waals surface area contributed by atoms with Gasteiger partial charge in [0.2, 0.25) is 0 Å². The molecular formula is C15H22BrFN2. The first-order valence-corrected chi connectivity index (χ1v) is 7.76. The molecule has 0 amide bonds. The van der Waals surface area contributed by atoms with Crippen molar-refractivity contribution >= 4 is 15.9 Å². The van der Waals surface area contributed by atoms with Gasteiger partial charge in [-0.3, -0.25) is 4.90 Å². The average molecular weight is 329 g/mol. The number of rotatable bonds is 2. The van der Waals surface area contributed by atoms with Crippen LogP contribution in [-0.2, 0) is 0 Å². The van der Waals surface area contributed by atoms with Gasteiger partial charge in [0.1, 0.15) is 5.82 Å². The molecule has 4 heteroatoms. The van der Waals surface area contributed by atoms with Gasteiger partial charge in [-0.05, 0) is 45.4 Å². The summed E-state index contributed by atoms with van der Waals surface area (Å²) in [6.07, 6.45) is 3.23. The van der Waals surface area contributed by atoms with Crippen LogP contribution in [0.25, 0.3) is 0 Å². The third-order valence-corrected chi connectivity index (χ3v) is 4.40. The van der Waals surface area contributed by atoms with E-state index in [1.165, 1.54) is 6.07 Å². The highest BCUT2D eigenvalue weighted by Gasteiger charge is 2.32. The van der Waals surface area contributed by atoms with Crippen LogP contribution in [0.4, 0.5) is 4.39 Å². The fourth-order valence-corrected chi connectivity index (χ4v) is 3.28. The number of nitrogens with two attached hydrogens (primary N) is 1. The Kier molecular flexibility index (Phi) is 4.98. The van der Waals surface area contributed by atoms with Crippen LogP contribution >= 0.6 is 15.9 Å². The summed E-state index contributed by atoms with van der Waals surface area (Å²) in [5.74, 6) is -0.164. The van der Waals surface area contributed by atoms with E-state index in [9.17, 15) is 4.39 Å². The SMILES string of the molecule is CC(C)N1CCCCC(N)C1c1ccc(Br)cc1F. The lowest BCUT2D eigenvalue weighted by Gasteiger charge is -2.36. The van der Waals surface area contributed by atoms with Crippen LogP contribution in [0.1, 0.15) is 44.7 Å². The highest BCUT2D eigenvalue weighted by Crippen LogP contribution is 2.33. The van der Waals surface area contributed by atoms with Crippen molar-refractivity contribution in [2.24, 2.45) is 5.73 Å². The Morgan fingerprint density at radius 2 is 2.11 bits per heavy atom.